The molecule has 0 radical (unpaired) electrons. The van der Waals surface area contributed by atoms with Crippen molar-refractivity contribution in [3.63, 3.8) is 0 Å². The number of amides is 1. The quantitative estimate of drug-likeness (QED) is 0.925. The molecule has 2 aromatic rings. The second-order valence-electron chi connectivity index (χ2n) is 6.45. The van der Waals surface area contributed by atoms with Crippen LogP contribution in [0.25, 0.3) is 5.69 Å². The topological polar surface area (TPSA) is 88.3 Å². The van der Waals surface area contributed by atoms with Crippen molar-refractivity contribution < 1.29 is 14.7 Å². The smallest absolute Gasteiger partial charge is 0.326 e. The lowest BCUT2D eigenvalue weighted by atomic mass is 9.94. The maximum Gasteiger partial charge on any atom is 0.326 e. The van der Waals surface area contributed by atoms with Gasteiger partial charge in [0.25, 0.3) is 5.91 Å². The molecule has 24 heavy (non-hydrogen) atoms. The van der Waals surface area contributed by atoms with Crippen molar-refractivity contribution in [1.29, 1.82) is 0 Å². The summed E-state index contributed by atoms with van der Waals surface area (Å²) in [5, 5.41) is 13.7. The molecule has 0 bridgehead atoms. The molecule has 2 aromatic heterocycles. The van der Waals surface area contributed by atoms with Gasteiger partial charge in [0.15, 0.2) is 0 Å². The van der Waals surface area contributed by atoms with Crippen molar-refractivity contribution in [2.24, 2.45) is 11.8 Å². The first-order chi connectivity index (χ1) is 11.6. The minimum absolute atomic E-state index is 0.0701. The highest BCUT2D eigenvalue weighted by atomic mass is 16.4. The van der Waals surface area contributed by atoms with Crippen molar-refractivity contribution in [3.05, 3.63) is 42.5 Å². The average Bonchev–Trinajstić information content (AvgIpc) is 3.30. The van der Waals surface area contributed by atoms with E-state index in [4.69, 9.17) is 0 Å². The number of pyridine rings is 1. The molecule has 0 spiro atoms. The minimum atomic E-state index is -0.916. The van der Waals surface area contributed by atoms with Gasteiger partial charge < -0.3 is 10.0 Å². The lowest BCUT2D eigenvalue weighted by Gasteiger charge is -2.24. The zero-order chi connectivity index (χ0) is 16.7. The van der Waals surface area contributed by atoms with Crippen LogP contribution in [0.4, 0.5) is 0 Å². The molecule has 4 rings (SSSR count). The number of nitrogens with zero attached hydrogens (tertiary/aromatic N) is 4. The molecule has 1 aliphatic carbocycles. The molecule has 0 unspecified atom stereocenters. The number of hydrogen-bond acceptors (Lipinski definition) is 4. The first kappa shape index (κ1) is 14.9. The van der Waals surface area contributed by atoms with Gasteiger partial charge in [-0.15, -0.1) is 0 Å². The van der Waals surface area contributed by atoms with Gasteiger partial charge in [-0.05, 0) is 42.9 Å². The standard InChI is InChI=1S/C17H18N4O3/c22-16(14-9-12(5-7-18-14)21-8-2-6-19-21)20-10-11-3-1-4-13(11)15(20)17(23)24/h2,5-9,11,13,15H,1,3-4,10H2,(H,23,24)/t11-,13-,15-/m0/s1. The Morgan fingerprint density at radius 2 is 2.12 bits per heavy atom. The van der Waals surface area contributed by atoms with Gasteiger partial charge in [-0.3, -0.25) is 9.78 Å². The van der Waals surface area contributed by atoms with Crippen molar-refractivity contribution in [1.82, 2.24) is 19.7 Å². The van der Waals surface area contributed by atoms with E-state index in [1.165, 1.54) is 4.90 Å². The number of aliphatic carboxylic acids is 1. The van der Waals surface area contributed by atoms with Gasteiger partial charge in [-0.1, -0.05) is 6.42 Å². The third kappa shape index (κ3) is 2.36. The van der Waals surface area contributed by atoms with Crippen LogP contribution in [0.2, 0.25) is 0 Å². The lowest BCUT2D eigenvalue weighted by Crippen LogP contribution is -2.43. The van der Waals surface area contributed by atoms with Gasteiger partial charge in [0, 0.05) is 25.1 Å². The third-order valence-electron chi connectivity index (χ3n) is 5.14. The summed E-state index contributed by atoms with van der Waals surface area (Å²) in [5.41, 5.74) is 0.985. The number of carboxylic acids is 1. The van der Waals surface area contributed by atoms with Crippen molar-refractivity contribution in [2.75, 3.05) is 6.54 Å². The summed E-state index contributed by atoms with van der Waals surface area (Å²) in [6.45, 7) is 0.508. The van der Waals surface area contributed by atoms with E-state index in [0.717, 1.165) is 24.9 Å². The van der Waals surface area contributed by atoms with E-state index in [9.17, 15) is 14.7 Å². The fraction of sp³-hybridized carbons (Fsp3) is 0.412. The molecule has 1 N–H and O–H groups in total. The van der Waals surface area contributed by atoms with Gasteiger partial charge in [0.1, 0.15) is 11.7 Å². The summed E-state index contributed by atoms with van der Waals surface area (Å²) < 4.78 is 1.64. The number of fused-ring (bicyclic) bond motifs is 1. The van der Waals surface area contributed by atoms with E-state index in [1.807, 2.05) is 0 Å². The second-order valence-corrected chi connectivity index (χ2v) is 6.45. The van der Waals surface area contributed by atoms with E-state index in [1.54, 1.807) is 41.5 Å². The maximum atomic E-state index is 12.9. The number of carbonyl (C=O) groups excluding carboxylic acids is 1. The van der Waals surface area contributed by atoms with E-state index < -0.39 is 12.0 Å². The molecule has 1 amide bonds. The number of rotatable bonds is 3. The Kier molecular flexibility index (Phi) is 3.55. The molecule has 3 atom stereocenters. The van der Waals surface area contributed by atoms with Crippen LogP contribution < -0.4 is 0 Å². The van der Waals surface area contributed by atoms with Crippen molar-refractivity contribution in [3.8, 4) is 5.69 Å². The maximum absolute atomic E-state index is 12.9. The predicted molar refractivity (Wildman–Crippen MR) is 84.7 cm³/mol. The highest BCUT2D eigenvalue weighted by Gasteiger charge is 2.49. The molecule has 2 aliphatic rings. The second kappa shape index (κ2) is 5.74. The fourth-order valence-electron chi connectivity index (χ4n) is 4.08. The Morgan fingerprint density at radius 1 is 1.25 bits per heavy atom. The third-order valence-corrected chi connectivity index (χ3v) is 5.14. The monoisotopic (exact) mass is 326 g/mol. The van der Waals surface area contributed by atoms with E-state index in [0.29, 0.717) is 12.5 Å². The summed E-state index contributed by atoms with van der Waals surface area (Å²) in [5.74, 6) is -0.864. The summed E-state index contributed by atoms with van der Waals surface area (Å²) >= 11 is 0. The lowest BCUT2D eigenvalue weighted by molar-refractivity contribution is -0.142. The van der Waals surface area contributed by atoms with Gasteiger partial charge in [-0.25, -0.2) is 9.48 Å². The summed E-state index contributed by atoms with van der Waals surface area (Å²) in [6, 6.07) is 4.48. The largest absolute Gasteiger partial charge is 0.480 e. The first-order valence-electron chi connectivity index (χ1n) is 8.15. The van der Waals surface area contributed by atoms with Crippen LogP contribution in [-0.2, 0) is 4.79 Å². The zero-order valence-electron chi connectivity index (χ0n) is 13.1. The SMILES string of the molecule is O=C(O)[C@@H]1[C@H]2CCC[C@H]2CN1C(=O)c1cc(-n2cccn2)ccn1. The Balaban J connectivity index is 1.64. The Bertz CT molecular complexity index is 774. The molecule has 0 aromatic carbocycles. The highest BCUT2D eigenvalue weighted by molar-refractivity contribution is 5.96. The predicted octanol–water partition coefficient (Wildman–Crippen LogP) is 1.59. The van der Waals surface area contributed by atoms with Crippen LogP contribution in [0.3, 0.4) is 0 Å². The molecule has 7 heteroatoms. The molecule has 1 saturated heterocycles. The molecule has 1 aliphatic heterocycles. The Labute approximate surface area is 138 Å². The van der Waals surface area contributed by atoms with Crippen molar-refractivity contribution >= 4 is 11.9 Å². The normalized spacial score (nSPS) is 25.7. The summed E-state index contributed by atoms with van der Waals surface area (Å²) in [4.78, 5) is 30.2. The van der Waals surface area contributed by atoms with Gasteiger partial charge in [0.2, 0.25) is 0 Å². The van der Waals surface area contributed by atoms with Crippen LogP contribution in [0.1, 0.15) is 29.8 Å². The van der Waals surface area contributed by atoms with E-state index in [2.05, 4.69) is 10.1 Å². The van der Waals surface area contributed by atoms with Gasteiger partial charge >= 0.3 is 5.97 Å². The average molecular weight is 326 g/mol. The first-order valence-corrected chi connectivity index (χ1v) is 8.15. The molecular formula is C17H18N4O3. The van der Waals surface area contributed by atoms with Gasteiger partial charge in [-0.2, -0.15) is 5.10 Å². The van der Waals surface area contributed by atoms with Crippen LogP contribution >= 0.6 is 0 Å². The molecule has 1 saturated carbocycles. The highest BCUT2D eigenvalue weighted by Crippen LogP contribution is 2.42. The van der Waals surface area contributed by atoms with Gasteiger partial charge in [0.05, 0.1) is 5.69 Å². The fourth-order valence-corrected chi connectivity index (χ4v) is 4.08. The molecule has 7 nitrogen and oxygen atoms in total. The summed E-state index contributed by atoms with van der Waals surface area (Å²) in [7, 11) is 0. The number of hydrogen-bond donors (Lipinski definition) is 1. The van der Waals surface area contributed by atoms with Crippen LogP contribution in [-0.4, -0.2) is 49.2 Å². The van der Waals surface area contributed by atoms with E-state index >= 15 is 0 Å². The molecule has 3 heterocycles. The minimum Gasteiger partial charge on any atom is -0.480 e. The Morgan fingerprint density at radius 3 is 2.88 bits per heavy atom. The number of carboxylic acid groups (broad SMARTS) is 1. The van der Waals surface area contributed by atoms with Crippen LogP contribution in [0, 0.1) is 11.8 Å². The molecule has 124 valence electrons. The molecular weight excluding hydrogens is 308 g/mol. The van der Waals surface area contributed by atoms with Crippen molar-refractivity contribution in [2.45, 2.75) is 25.3 Å². The number of aromatic nitrogens is 3. The Hall–Kier alpha value is -2.70. The number of likely N-dealkylation sites (tertiary alicyclic amines) is 1. The summed E-state index contributed by atoms with van der Waals surface area (Å²) in [6.07, 6.45) is 7.92. The number of carbonyl (C=O) groups is 2. The zero-order valence-corrected chi connectivity index (χ0v) is 13.1. The van der Waals surface area contributed by atoms with E-state index in [-0.39, 0.29) is 17.5 Å². The van der Waals surface area contributed by atoms with Crippen LogP contribution in [0.15, 0.2) is 36.8 Å². The van der Waals surface area contributed by atoms with Crippen LogP contribution in [0.5, 0.6) is 0 Å². The molecule has 2 fully saturated rings.